The number of nitrogens with one attached hydrogen (secondary N) is 1. The number of fused-ring (bicyclic) bond motifs is 1. The van der Waals surface area contributed by atoms with Crippen LogP contribution in [0.15, 0.2) is 59.1 Å². The Labute approximate surface area is 167 Å². The lowest BCUT2D eigenvalue weighted by Gasteiger charge is -2.05. The van der Waals surface area contributed by atoms with Crippen molar-refractivity contribution in [2.45, 2.75) is 26.1 Å². The molecule has 0 saturated heterocycles. The van der Waals surface area contributed by atoms with Crippen molar-refractivity contribution in [2.75, 3.05) is 6.54 Å². The van der Waals surface area contributed by atoms with Crippen LogP contribution in [0.4, 0.5) is 0 Å². The first kappa shape index (κ1) is 18.7. The van der Waals surface area contributed by atoms with Crippen LogP contribution >= 0.6 is 0 Å². The molecule has 0 aliphatic carbocycles. The molecular formula is C22H20N2O5. The maximum Gasteiger partial charge on any atom is 0.325 e. The second-order valence-electron chi connectivity index (χ2n) is 6.85. The summed E-state index contributed by atoms with van der Waals surface area (Å²) in [4.78, 5) is 23.8. The lowest BCUT2D eigenvalue weighted by molar-refractivity contribution is -0.143. The second kappa shape index (κ2) is 8.18. The SMILES string of the molecule is CC1Cc2ccc(-c3cc(COC(=O)CNC(=O)c4ccccc4)no3)cc2O1. The largest absolute Gasteiger partial charge is 0.490 e. The Morgan fingerprint density at radius 2 is 2.00 bits per heavy atom. The number of amides is 1. The molecule has 29 heavy (non-hydrogen) atoms. The zero-order chi connectivity index (χ0) is 20.2. The van der Waals surface area contributed by atoms with Crippen molar-refractivity contribution in [2.24, 2.45) is 0 Å². The van der Waals surface area contributed by atoms with Gasteiger partial charge in [-0.05, 0) is 30.7 Å². The molecule has 1 unspecified atom stereocenters. The first-order valence-electron chi connectivity index (χ1n) is 9.33. The summed E-state index contributed by atoms with van der Waals surface area (Å²) < 4.78 is 16.3. The zero-order valence-corrected chi connectivity index (χ0v) is 15.9. The molecule has 0 bridgehead atoms. The molecule has 1 atom stereocenters. The third kappa shape index (κ3) is 4.45. The molecule has 2 aromatic carbocycles. The number of ether oxygens (including phenoxy) is 2. The molecule has 7 heteroatoms. The van der Waals surface area contributed by atoms with E-state index in [1.165, 1.54) is 5.56 Å². The predicted molar refractivity (Wildman–Crippen MR) is 104 cm³/mol. The monoisotopic (exact) mass is 392 g/mol. The van der Waals surface area contributed by atoms with E-state index < -0.39 is 5.97 Å². The van der Waals surface area contributed by atoms with Crippen molar-refractivity contribution in [3.63, 3.8) is 0 Å². The number of rotatable bonds is 6. The van der Waals surface area contributed by atoms with E-state index >= 15 is 0 Å². The van der Waals surface area contributed by atoms with Gasteiger partial charge in [-0.2, -0.15) is 0 Å². The van der Waals surface area contributed by atoms with Gasteiger partial charge in [-0.15, -0.1) is 0 Å². The van der Waals surface area contributed by atoms with Crippen LogP contribution < -0.4 is 10.1 Å². The van der Waals surface area contributed by atoms with Gasteiger partial charge in [0, 0.05) is 23.6 Å². The molecule has 1 N–H and O–H groups in total. The lowest BCUT2D eigenvalue weighted by atomic mass is 10.1. The van der Waals surface area contributed by atoms with Crippen molar-refractivity contribution >= 4 is 11.9 Å². The van der Waals surface area contributed by atoms with Gasteiger partial charge in [-0.1, -0.05) is 35.5 Å². The molecule has 0 saturated carbocycles. The summed E-state index contributed by atoms with van der Waals surface area (Å²) in [6.07, 6.45) is 1.07. The summed E-state index contributed by atoms with van der Waals surface area (Å²) >= 11 is 0. The van der Waals surface area contributed by atoms with E-state index in [2.05, 4.69) is 10.5 Å². The third-order valence-electron chi connectivity index (χ3n) is 4.56. The number of nitrogens with zero attached hydrogens (tertiary/aromatic N) is 1. The van der Waals surface area contributed by atoms with Crippen LogP contribution in [0.25, 0.3) is 11.3 Å². The van der Waals surface area contributed by atoms with Crippen molar-refractivity contribution in [1.82, 2.24) is 10.5 Å². The van der Waals surface area contributed by atoms with E-state index in [1.54, 1.807) is 30.3 Å². The number of carbonyl (C=O) groups excluding carboxylic acids is 2. The summed E-state index contributed by atoms with van der Waals surface area (Å²) in [7, 11) is 0. The molecule has 4 rings (SSSR count). The maximum absolute atomic E-state index is 11.9. The average molecular weight is 392 g/mol. The van der Waals surface area contributed by atoms with Crippen LogP contribution in [0.2, 0.25) is 0 Å². The van der Waals surface area contributed by atoms with Gasteiger partial charge in [-0.3, -0.25) is 9.59 Å². The highest BCUT2D eigenvalue weighted by Crippen LogP contribution is 2.33. The van der Waals surface area contributed by atoms with E-state index in [0.717, 1.165) is 17.7 Å². The van der Waals surface area contributed by atoms with Crippen LogP contribution in [-0.2, 0) is 22.6 Å². The highest BCUT2D eigenvalue weighted by molar-refractivity contribution is 5.95. The number of aromatic nitrogens is 1. The second-order valence-corrected chi connectivity index (χ2v) is 6.85. The number of benzene rings is 2. The Balaban J connectivity index is 1.29. The molecule has 0 radical (unpaired) electrons. The number of esters is 1. The highest BCUT2D eigenvalue weighted by atomic mass is 16.5. The van der Waals surface area contributed by atoms with Gasteiger partial charge in [0.15, 0.2) is 5.76 Å². The minimum atomic E-state index is -0.557. The molecule has 7 nitrogen and oxygen atoms in total. The molecule has 3 aromatic rings. The van der Waals surface area contributed by atoms with Gasteiger partial charge in [0.05, 0.1) is 0 Å². The summed E-state index contributed by atoms with van der Waals surface area (Å²) in [6, 6.07) is 16.3. The average Bonchev–Trinajstić information content (AvgIpc) is 3.36. The molecule has 1 aromatic heterocycles. The Bertz CT molecular complexity index is 1030. The molecule has 2 heterocycles. The van der Waals surface area contributed by atoms with E-state index in [0.29, 0.717) is 17.0 Å². The van der Waals surface area contributed by atoms with E-state index in [1.807, 2.05) is 31.2 Å². The van der Waals surface area contributed by atoms with Crippen molar-refractivity contribution in [1.29, 1.82) is 0 Å². The van der Waals surface area contributed by atoms with Crippen LogP contribution in [0.3, 0.4) is 0 Å². The summed E-state index contributed by atoms with van der Waals surface area (Å²) in [6.45, 7) is 1.77. The van der Waals surface area contributed by atoms with Gasteiger partial charge in [0.25, 0.3) is 5.91 Å². The molecule has 1 amide bonds. The Hall–Kier alpha value is -3.61. The van der Waals surface area contributed by atoms with E-state index in [9.17, 15) is 9.59 Å². The fourth-order valence-corrected chi connectivity index (χ4v) is 3.12. The number of hydrogen-bond donors (Lipinski definition) is 1. The number of hydrogen-bond acceptors (Lipinski definition) is 6. The maximum atomic E-state index is 11.9. The summed E-state index contributed by atoms with van der Waals surface area (Å²) in [5.74, 6) is 0.533. The van der Waals surface area contributed by atoms with Crippen molar-refractivity contribution < 1.29 is 23.6 Å². The fraction of sp³-hybridized carbons (Fsp3) is 0.227. The standard InChI is InChI=1S/C22H20N2O5/c1-14-9-16-7-8-17(10-19(16)28-14)20-11-18(24-29-20)13-27-21(25)12-23-22(26)15-5-3-2-4-6-15/h2-8,10-11,14H,9,12-13H2,1H3,(H,23,26). The fourth-order valence-electron chi connectivity index (χ4n) is 3.12. The molecule has 148 valence electrons. The van der Waals surface area contributed by atoms with E-state index in [-0.39, 0.29) is 25.2 Å². The van der Waals surface area contributed by atoms with Crippen LogP contribution in [0, 0.1) is 0 Å². The van der Waals surface area contributed by atoms with Gasteiger partial charge in [0.2, 0.25) is 0 Å². The Morgan fingerprint density at radius 3 is 2.83 bits per heavy atom. The Morgan fingerprint density at radius 1 is 1.17 bits per heavy atom. The molecule has 1 aliphatic heterocycles. The van der Waals surface area contributed by atoms with Gasteiger partial charge >= 0.3 is 5.97 Å². The van der Waals surface area contributed by atoms with E-state index in [4.69, 9.17) is 14.0 Å². The normalized spacial score (nSPS) is 14.7. The number of carbonyl (C=O) groups is 2. The predicted octanol–water partition coefficient (Wildman–Crippen LogP) is 3.14. The van der Waals surface area contributed by atoms with Crippen LogP contribution in [0.1, 0.15) is 28.5 Å². The van der Waals surface area contributed by atoms with Gasteiger partial charge < -0.3 is 19.3 Å². The topological polar surface area (TPSA) is 90.7 Å². The Kier molecular flexibility index (Phi) is 5.29. The molecule has 1 aliphatic rings. The quantitative estimate of drug-likeness (QED) is 0.648. The minimum absolute atomic E-state index is 0.0397. The molecular weight excluding hydrogens is 372 g/mol. The van der Waals surface area contributed by atoms with Crippen molar-refractivity contribution in [3.05, 3.63) is 71.4 Å². The summed E-state index contributed by atoms with van der Waals surface area (Å²) in [5.41, 5.74) is 2.98. The smallest absolute Gasteiger partial charge is 0.325 e. The summed E-state index contributed by atoms with van der Waals surface area (Å²) in [5, 5.41) is 6.46. The molecule has 0 spiro atoms. The van der Waals surface area contributed by atoms with Crippen molar-refractivity contribution in [3.8, 4) is 17.1 Å². The molecule has 0 fully saturated rings. The van der Waals surface area contributed by atoms with Crippen LogP contribution in [-0.4, -0.2) is 29.7 Å². The lowest BCUT2D eigenvalue weighted by Crippen LogP contribution is -2.30. The minimum Gasteiger partial charge on any atom is -0.490 e. The zero-order valence-electron chi connectivity index (χ0n) is 15.9. The van der Waals surface area contributed by atoms with Crippen LogP contribution in [0.5, 0.6) is 5.75 Å². The van der Waals surface area contributed by atoms with Gasteiger partial charge in [0.1, 0.15) is 30.7 Å². The van der Waals surface area contributed by atoms with Gasteiger partial charge in [-0.25, -0.2) is 0 Å². The first-order valence-corrected chi connectivity index (χ1v) is 9.33. The first-order chi connectivity index (χ1) is 14.1. The third-order valence-corrected chi connectivity index (χ3v) is 4.56. The highest BCUT2D eigenvalue weighted by Gasteiger charge is 2.20.